The van der Waals surface area contributed by atoms with Crippen molar-refractivity contribution < 1.29 is 28.6 Å². The fourth-order valence-electron chi connectivity index (χ4n) is 2.92. The molecule has 0 saturated carbocycles. The van der Waals surface area contributed by atoms with Crippen molar-refractivity contribution in [2.75, 3.05) is 19.7 Å². The second-order valence-corrected chi connectivity index (χ2v) is 8.28. The van der Waals surface area contributed by atoms with Crippen LogP contribution >= 0.6 is 0 Å². The van der Waals surface area contributed by atoms with Gasteiger partial charge in [0.05, 0.1) is 6.61 Å². The first-order valence-electron chi connectivity index (χ1n) is 9.37. The van der Waals surface area contributed by atoms with Gasteiger partial charge in [-0.25, -0.2) is 9.59 Å². The van der Waals surface area contributed by atoms with Crippen molar-refractivity contribution in [1.29, 1.82) is 0 Å². The van der Waals surface area contributed by atoms with Gasteiger partial charge >= 0.3 is 18.2 Å². The number of amides is 1. The SMILES string of the molecule is CCC1CN(C(=O)OC(C)(C)C)CCC1CC(=O)OC(=O)OCC(C)C. The number of ether oxygens (including phenoxy) is 3. The number of esters is 1. The summed E-state index contributed by atoms with van der Waals surface area (Å²) in [6, 6.07) is 0. The van der Waals surface area contributed by atoms with Crippen molar-refractivity contribution in [2.45, 2.75) is 66.4 Å². The van der Waals surface area contributed by atoms with E-state index in [1.54, 1.807) is 4.90 Å². The van der Waals surface area contributed by atoms with Gasteiger partial charge in [-0.2, -0.15) is 0 Å². The van der Waals surface area contributed by atoms with Crippen LogP contribution in [0.15, 0.2) is 0 Å². The molecular formula is C19H33NO6. The summed E-state index contributed by atoms with van der Waals surface area (Å²) in [6.07, 6.45) is 0.387. The van der Waals surface area contributed by atoms with E-state index >= 15 is 0 Å². The smallest absolute Gasteiger partial charge is 0.444 e. The maximum atomic E-state index is 12.2. The number of piperidine rings is 1. The normalized spacial score (nSPS) is 20.7. The van der Waals surface area contributed by atoms with E-state index in [1.165, 1.54) is 0 Å². The van der Waals surface area contributed by atoms with Crippen LogP contribution in [0.4, 0.5) is 9.59 Å². The van der Waals surface area contributed by atoms with Gasteiger partial charge in [0.2, 0.25) is 0 Å². The highest BCUT2D eigenvalue weighted by Gasteiger charge is 2.34. The molecule has 7 heteroatoms. The van der Waals surface area contributed by atoms with E-state index in [2.05, 4.69) is 0 Å². The number of nitrogens with zero attached hydrogens (tertiary/aromatic N) is 1. The largest absolute Gasteiger partial charge is 0.516 e. The van der Waals surface area contributed by atoms with Crippen LogP contribution in [-0.4, -0.2) is 48.4 Å². The molecule has 1 amide bonds. The number of carbonyl (C=O) groups excluding carboxylic acids is 3. The van der Waals surface area contributed by atoms with Crippen LogP contribution in [0.5, 0.6) is 0 Å². The lowest BCUT2D eigenvalue weighted by atomic mass is 9.82. The molecule has 0 aromatic carbocycles. The van der Waals surface area contributed by atoms with Gasteiger partial charge in [-0.1, -0.05) is 27.2 Å². The predicted molar refractivity (Wildman–Crippen MR) is 96.6 cm³/mol. The monoisotopic (exact) mass is 371 g/mol. The molecule has 2 atom stereocenters. The average molecular weight is 371 g/mol. The summed E-state index contributed by atoms with van der Waals surface area (Å²) in [7, 11) is 0. The molecule has 0 spiro atoms. The molecule has 0 aromatic heterocycles. The number of hydrogen-bond donors (Lipinski definition) is 0. The molecule has 1 rings (SSSR count). The maximum absolute atomic E-state index is 12.2. The predicted octanol–water partition coefficient (Wildman–Crippen LogP) is 4.00. The van der Waals surface area contributed by atoms with E-state index in [9.17, 15) is 14.4 Å². The van der Waals surface area contributed by atoms with Crippen LogP contribution in [0.3, 0.4) is 0 Å². The minimum absolute atomic E-state index is 0.0732. The van der Waals surface area contributed by atoms with Crippen LogP contribution in [-0.2, 0) is 19.0 Å². The lowest BCUT2D eigenvalue weighted by Crippen LogP contribution is -2.46. The van der Waals surface area contributed by atoms with Gasteiger partial charge in [0.15, 0.2) is 0 Å². The highest BCUT2D eigenvalue weighted by molar-refractivity contribution is 5.82. The van der Waals surface area contributed by atoms with E-state index < -0.39 is 17.7 Å². The second-order valence-electron chi connectivity index (χ2n) is 8.28. The third-order valence-electron chi connectivity index (χ3n) is 4.23. The Balaban J connectivity index is 2.50. The Labute approximate surface area is 156 Å². The molecule has 1 heterocycles. The molecule has 0 N–H and O–H groups in total. The molecule has 26 heavy (non-hydrogen) atoms. The lowest BCUT2D eigenvalue weighted by Gasteiger charge is -2.38. The van der Waals surface area contributed by atoms with Crippen molar-refractivity contribution in [3.05, 3.63) is 0 Å². The molecule has 0 radical (unpaired) electrons. The summed E-state index contributed by atoms with van der Waals surface area (Å²) < 4.78 is 15.0. The Bertz CT molecular complexity index is 497. The van der Waals surface area contributed by atoms with Gasteiger partial charge in [0.1, 0.15) is 5.60 Å². The van der Waals surface area contributed by atoms with E-state index in [0.29, 0.717) is 19.5 Å². The summed E-state index contributed by atoms with van der Waals surface area (Å²) in [6.45, 7) is 12.6. The Hall–Kier alpha value is -1.79. The Morgan fingerprint density at radius 2 is 1.81 bits per heavy atom. The highest BCUT2D eigenvalue weighted by Crippen LogP contribution is 2.30. The fourth-order valence-corrected chi connectivity index (χ4v) is 2.92. The Kier molecular flexibility index (Phi) is 8.37. The zero-order valence-electron chi connectivity index (χ0n) is 16.9. The molecule has 7 nitrogen and oxygen atoms in total. The van der Waals surface area contributed by atoms with E-state index in [0.717, 1.165) is 6.42 Å². The number of hydrogen-bond acceptors (Lipinski definition) is 6. The zero-order chi connectivity index (χ0) is 19.9. The quantitative estimate of drug-likeness (QED) is 0.537. The molecule has 0 aromatic rings. The van der Waals surface area contributed by atoms with Crippen LogP contribution in [0.1, 0.15) is 60.8 Å². The Morgan fingerprint density at radius 3 is 2.35 bits per heavy atom. The molecule has 1 saturated heterocycles. The van der Waals surface area contributed by atoms with Crippen molar-refractivity contribution in [3.63, 3.8) is 0 Å². The van der Waals surface area contributed by atoms with Crippen molar-refractivity contribution in [1.82, 2.24) is 4.90 Å². The summed E-state index contributed by atoms with van der Waals surface area (Å²) in [5, 5.41) is 0. The van der Waals surface area contributed by atoms with E-state index in [1.807, 2.05) is 41.5 Å². The van der Waals surface area contributed by atoms with Gasteiger partial charge < -0.3 is 19.1 Å². The van der Waals surface area contributed by atoms with Gasteiger partial charge in [-0.3, -0.25) is 4.79 Å². The van der Waals surface area contributed by atoms with E-state index in [-0.39, 0.29) is 36.9 Å². The first kappa shape index (κ1) is 22.3. The van der Waals surface area contributed by atoms with Crippen LogP contribution in [0.25, 0.3) is 0 Å². The summed E-state index contributed by atoms with van der Waals surface area (Å²) >= 11 is 0. The van der Waals surface area contributed by atoms with Gasteiger partial charge in [-0.15, -0.1) is 0 Å². The van der Waals surface area contributed by atoms with Crippen LogP contribution < -0.4 is 0 Å². The first-order chi connectivity index (χ1) is 12.0. The average Bonchev–Trinajstić information content (AvgIpc) is 2.51. The molecule has 150 valence electrons. The first-order valence-corrected chi connectivity index (χ1v) is 9.37. The molecule has 0 aliphatic carbocycles. The van der Waals surface area contributed by atoms with Crippen molar-refractivity contribution in [3.8, 4) is 0 Å². The third-order valence-corrected chi connectivity index (χ3v) is 4.23. The number of likely N-dealkylation sites (tertiary alicyclic amines) is 1. The van der Waals surface area contributed by atoms with Crippen LogP contribution in [0, 0.1) is 17.8 Å². The molecule has 1 aliphatic rings. The minimum Gasteiger partial charge on any atom is -0.444 e. The number of carbonyl (C=O) groups is 3. The Morgan fingerprint density at radius 1 is 1.15 bits per heavy atom. The molecule has 2 unspecified atom stereocenters. The fraction of sp³-hybridized carbons (Fsp3) is 0.842. The summed E-state index contributed by atoms with van der Waals surface area (Å²) in [5.74, 6) is -0.160. The molecule has 1 fully saturated rings. The van der Waals surface area contributed by atoms with Gasteiger partial charge in [-0.05, 0) is 44.9 Å². The topological polar surface area (TPSA) is 82.1 Å². The lowest BCUT2D eigenvalue weighted by molar-refractivity contribution is -0.142. The second kappa shape index (κ2) is 9.78. The zero-order valence-corrected chi connectivity index (χ0v) is 16.9. The summed E-state index contributed by atoms with van der Waals surface area (Å²) in [4.78, 5) is 37.4. The minimum atomic E-state index is -0.942. The standard InChI is InChI=1S/C19H33NO6/c1-7-14-11-20(17(22)26-19(4,5)6)9-8-15(14)10-16(21)25-18(23)24-12-13(2)3/h13-15H,7-12H2,1-6H3. The maximum Gasteiger partial charge on any atom is 0.516 e. The highest BCUT2D eigenvalue weighted by atomic mass is 16.7. The van der Waals surface area contributed by atoms with E-state index in [4.69, 9.17) is 14.2 Å². The van der Waals surface area contributed by atoms with Crippen LogP contribution in [0.2, 0.25) is 0 Å². The van der Waals surface area contributed by atoms with Gasteiger partial charge in [0.25, 0.3) is 0 Å². The molecule has 0 bridgehead atoms. The van der Waals surface area contributed by atoms with Gasteiger partial charge in [0, 0.05) is 19.5 Å². The molecule has 1 aliphatic heterocycles. The number of rotatable bonds is 5. The van der Waals surface area contributed by atoms with Crippen molar-refractivity contribution >= 4 is 18.2 Å². The third kappa shape index (κ3) is 8.06. The molecular weight excluding hydrogens is 338 g/mol. The summed E-state index contributed by atoms with van der Waals surface area (Å²) in [5.41, 5.74) is -0.532. The van der Waals surface area contributed by atoms with Crippen molar-refractivity contribution in [2.24, 2.45) is 17.8 Å².